The molecule has 1 aromatic carbocycles. The number of halogens is 1. The molecule has 0 saturated carbocycles. The fourth-order valence-electron chi connectivity index (χ4n) is 2.97. The van der Waals surface area contributed by atoms with E-state index in [9.17, 15) is 9.18 Å². The van der Waals surface area contributed by atoms with Crippen molar-refractivity contribution in [2.24, 2.45) is 0 Å². The fourth-order valence-corrected chi connectivity index (χ4v) is 2.97. The molecule has 0 spiro atoms. The number of amides is 1. The topological polar surface area (TPSA) is 73.8 Å². The molecule has 1 aliphatic heterocycles. The van der Waals surface area contributed by atoms with E-state index in [1.54, 1.807) is 37.3 Å². The quantitative estimate of drug-likeness (QED) is 0.710. The Bertz CT molecular complexity index is 842. The lowest BCUT2D eigenvalue weighted by atomic mass is 10.1. The second-order valence-electron chi connectivity index (χ2n) is 6.30. The lowest BCUT2D eigenvalue weighted by molar-refractivity contribution is -0.128. The maximum Gasteiger partial charge on any atom is 0.316 e. The van der Waals surface area contributed by atoms with Gasteiger partial charge in [-0.1, -0.05) is 6.07 Å². The second kappa shape index (κ2) is 9.16. The van der Waals surface area contributed by atoms with Gasteiger partial charge >= 0.3 is 6.01 Å². The molecule has 0 unspecified atom stereocenters. The Kier molecular flexibility index (Phi) is 6.41. The molecule has 2 aromatic rings. The summed E-state index contributed by atoms with van der Waals surface area (Å²) in [5.41, 5.74) is 0.829. The van der Waals surface area contributed by atoms with E-state index in [2.05, 4.69) is 9.97 Å². The average molecular weight is 387 g/mol. The Morgan fingerprint density at radius 1 is 1.21 bits per heavy atom. The molecule has 0 N–H and O–H groups in total. The predicted molar refractivity (Wildman–Crippen MR) is 101 cm³/mol. The number of hydrogen-bond acceptors (Lipinski definition) is 6. The van der Waals surface area contributed by atoms with Crippen molar-refractivity contribution in [1.82, 2.24) is 14.9 Å². The largest absolute Gasteiger partial charge is 0.493 e. The molecule has 0 bridgehead atoms. The summed E-state index contributed by atoms with van der Waals surface area (Å²) >= 11 is 0. The van der Waals surface area contributed by atoms with E-state index in [0.717, 1.165) is 30.8 Å². The highest BCUT2D eigenvalue weighted by molar-refractivity contribution is 5.92. The molecule has 148 valence electrons. The molecule has 2 heterocycles. The van der Waals surface area contributed by atoms with Gasteiger partial charge in [-0.25, -0.2) is 14.4 Å². The molecular weight excluding hydrogens is 365 g/mol. The van der Waals surface area contributed by atoms with Gasteiger partial charge in [0.05, 0.1) is 33.2 Å². The molecule has 28 heavy (non-hydrogen) atoms. The number of carbonyl (C=O) groups excluding carboxylic acids is 1. The van der Waals surface area contributed by atoms with Crippen molar-refractivity contribution in [3.05, 3.63) is 48.0 Å². The summed E-state index contributed by atoms with van der Waals surface area (Å²) in [7, 11) is 3.14. The number of ether oxygens (including phenoxy) is 3. The molecule has 1 atom stereocenters. The highest BCUT2D eigenvalue weighted by atomic mass is 19.1. The molecule has 7 nitrogen and oxygen atoms in total. The molecule has 1 amide bonds. The van der Waals surface area contributed by atoms with Gasteiger partial charge in [0.2, 0.25) is 5.91 Å². The Morgan fingerprint density at radius 3 is 2.68 bits per heavy atom. The first-order valence-electron chi connectivity index (χ1n) is 8.92. The molecule has 1 aliphatic rings. The number of likely N-dealkylation sites (tertiary alicyclic amines) is 1. The monoisotopic (exact) mass is 387 g/mol. The van der Waals surface area contributed by atoms with Gasteiger partial charge in [0.25, 0.3) is 0 Å². The second-order valence-corrected chi connectivity index (χ2v) is 6.30. The summed E-state index contributed by atoms with van der Waals surface area (Å²) in [6, 6.07) is 5.55. The summed E-state index contributed by atoms with van der Waals surface area (Å²) in [6.07, 6.45) is 6.74. The van der Waals surface area contributed by atoms with Crippen LogP contribution < -0.4 is 14.2 Å². The van der Waals surface area contributed by atoms with Crippen LogP contribution in [0.4, 0.5) is 4.39 Å². The van der Waals surface area contributed by atoms with Crippen LogP contribution in [0.15, 0.2) is 36.7 Å². The van der Waals surface area contributed by atoms with E-state index in [1.807, 2.05) is 6.07 Å². The van der Waals surface area contributed by atoms with E-state index < -0.39 is 5.82 Å². The number of benzene rings is 1. The van der Waals surface area contributed by atoms with E-state index >= 15 is 0 Å². The van der Waals surface area contributed by atoms with Crippen molar-refractivity contribution in [3.63, 3.8) is 0 Å². The van der Waals surface area contributed by atoms with Gasteiger partial charge in [0.15, 0.2) is 17.3 Å². The summed E-state index contributed by atoms with van der Waals surface area (Å²) in [6.45, 7) is 1.08. The van der Waals surface area contributed by atoms with Crippen molar-refractivity contribution in [2.45, 2.75) is 18.9 Å². The molecule has 1 fully saturated rings. The third-order valence-corrected chi connectivity index (χ3v) is 4.38. The first-order valence-corrected chi connectivity index (χ1v) is 8.92. The standard InChI is InChI=1S/C20H22FN3O4/c1-26-17-7-5-14(10-18(17)27-2)6-8-19(25)24-9-3-4-16(13-24)28-20-22-11-15(21)12-23-20/h5-8,10-12,16H,3-4,9,13H2,1-2H3/b8-6+/t16-/m0/s1. The van der Waals surface area contributed by atoms with Crippen LogP contribution in [-0.2, 0) is 4.79 Å². The predicted octanol–water partition coefficient (Wildman–Crippen LogP) is 2.72. The maximum atomic E-state index is 12.9. The van der Waals surface area contributed by atoms with Crippen molar-refractivity contribution >= 4 is 12.0 Å². The number of piperidine rings is 1. The van der Waals surface area contributed by atoms with Crippen LogP contribution in [0.5, 0.6) is 17.5 Å². The molecule has 0 aliphatic carbocycles. The number of nitrogens with zero attached hydrogens (tertiary/aromatic N) is 3. The molecule has 8 heteroatoms. The zero-order chi connectivity index (χ0) is 19.9. The minimum Gasteiger partial charge on any atom is -0.493 e. The highest BCUT2D eigenvalue weighted by Crippen LogP contribution is 2.28. The zero-order valence-corrected chi connectivity index (χ0v) is 15.8. The Balaban J connectivity index is 1.60. The van der Waals surface area contributed by atoms with Crippen molar-refractivity contribution < 1.29 is 23.4 Å². The number of aromatic nitrogens is 2. The lowest BCUT2D eigenvalue weighted by Crippen LogP contribution is -2.43. The van der Waals surface area contributed by atoms with Crippen LogP contribution in [0.25, 0.3) is 6.08 Å². The van der Waals surface area contributed by atoms with Gasteiger partial charge < -0.3 is 19.1 Å². The summed E-state index contributed by atoms with van der Waals surface area (Å²) < 4.78 is 29.0. The first kappa shape index (κ1) is 19.6. The molecule has 1 aromatic heterocycles. The molecule has 3 rings (SSSR count). The minimum absolute atomic E-state index is 0.108. The summed E-state index contributed by atoms with van der Waals surface area (Å²) in [5, 5.41) is 0. The molecular formula is C20H22FN3O4. The van der Waals surface area contributed by atoms with Crippen LogP contribution in [0.2, 0.25) is 0 Å². The van der Waals surface area contributed by atoms with Gasteiger partial charge in [-0.2, -0.15) is 0 Å². The van der Waals surface area contributed by atoms with E-state index in [1.165, 1.54) is 6.08 Å². The smallest absolute Gasteiger partial charge is 0.316 e. The average Bonchev–Trinajstić information content (AvgIpc) is 2.73. The van der Waals surface area contributed by atoms with Crippen molar-refractivity contribution in [2.75, 3.05) is 27.3 Å². The van der Waals surface area contributed by atoms with Crippen LogP contribution in [-0.4, -0.2) is 54.2 Å². The Hall–Kier alpha value is -3.16. The highest BCUT2D eigenvalue weighted by Gasteiger charge is 2.24. The Labute approximate surface area is 162 Å². The SMILES string of the molecule is COc1ccc(/C=C/C(=O)N2CCC[C@H](Oc3ncc(F)cn3)C2)cc1OC. The van der Waals surface area contributed by atoms with Crippen LogP contribution in [0.1, 0.15) is 18.4 Å². The minimum atomic E-state index is -0.520. The van der Waals surface area contributed by atoms with Gasteiger partial charge in [0.1, 0.15) is 6.10 Å². The first-order chi connectivity index (χ1) is 13.6. The van der Waals surface area contributed by atoms with E-state index in [-0.39, 0.29) is 18.0 Å². The number of rotatable bonds is 6. The molecule has 0 radical (unpaired) electrons. The van der Waals surface area contributed by atoms with Crippen molar-refractivity contribution in [1.29, 1.82) is 0 Å². The van der Waals surface area contributed by atoms with Crippen LogP contribution >= 0.6 is 0 Å². The van der Waals surface area contributed by atoms with Gasteiger partial charge in [0, 0.05) is 12.6 Å². The summed E-state index contributed by atoms with van der Waals surface area (Å²) in [5.74, 6) is 0.601. The van der Waals surface area contributed by atoms with Gasteiger partial charge in [-0.3, -0.25) is 4.79 Å². The van der Waals surface area contributed by atoms with E-state index in [0.29, 0.717) is 24.6 Å². The number of methoxy groups -OCH3 is 2. The summed E-state index contributed by atoms with van der Waals surface area (Å²) in [4.78, 5) is 21.9. The normalized spacial score (nSPS) is 16.8. The van der Waals surface area contributed by atoms with Crippen LogP contribution in [0, 0.1) is 5.82 Å². The number of hydrogen-bond donors (Lipinski definition) is 0. The van der Waals surface area contributed by atoms with Gasteiger partial charge in [-0.05, 0) is 36.6 Å². The van der Waals surface area contributed by atoms with E-state index in [4.69, 9.17) is 14.2 Å². The maximum absolute atomic E-state index is 12.9. The van der Waals surface area contributed by atoms with Gasteiger partial charge in [-0.15, -0.1) is 0 Å². The van der Waals surface area contributed by atoms with Crippen molar-refractivity contribution in [3.8, 4) is 17.5 Å². The lowest BCUT2D eigenvalue weighted by Gasteiger charge is -2.31. The van der Waals surface area contributed by atoms with Crippen LogP contribution in [0.3, 0.4) is 0 Å². The third kappa shape index (κ3) is 4.97. The fraction of sp³-hybridized carbons (Fsp3) is 0.350. The molecule has 1 saturated heterocycles. The Morgan fingerprint density at radius 2 is 1.96 bits per heavy atom. The number of carbonyl (C=O) groups is 1. The third-order valence-electron chi connectivity index (χ3n) is 4.38. The zero-order valence-electron chi connectivity index (χ0n) is 15.8.